The van der Waals surface area contributed by atoms with E-state index in [0.29, 0.717) is 89.8 Å². The van der Waals surface area contributed by atoms with Crippen molar-refractivity contribution in [3.63, 3.8) is 0 Å². The van der Waals surface area contributed by atoms with Crippen LogP contribution in [0.4, 0.5) is 16.3 Å². The standard InChI is InChI=1S/C56H75N8O23P3S4/c1-4-94(91)35-82-46-31-48(85-47(46)33-83-89(74,75)87-90(76,77)86-88(71,72)73)64-32-37(51(59)63-55(64)70)10-8-20-62-54(69)61-19-6-5-7-22-80-34-92-93-56(2,3)18-24-81-49(65)11-9-23-78-26-27-79-25-21-60-52(66)36-12-15-40(53(67)68)43(28-36)50-41-16-13-38(57)29-44(41)84-45-30-39(58)14-17-42(45)50/h12-17,28-30,32,46-48,57H,4-7,9,11,18-27,31,33-35,58H2,1-3H3,(H,60,66)(H,67,68)(H,74,75)(H,76,77)(H2,59,63,70)(H2,61,62,69)(H2,71,72,73)/t46-,47-,48-,94?/m1/s1. The number of nitrogens with two attached hydrogens (primary N) is 2. The number of urea groups is 1. The molecule has 1 aliphatic carbocycles. The Balaban J connectivity index is 0.770. The number of nitrogen functional groups attached to an aromatic ring is 2. The summed E-state index contributed by atoms with van der Waals surface area (Å²) >= 11 is 5.33. The molecule has 6 atom stereocenters. The summed E-state index contributed by atoms with van der Waals surface area (Å²) in [6, 6.07) is 13.7. The predicted octanol–water partition coefficient (Wildman–Crippen LogP) is 6.31. The molecule has 0 radical (unpaired) electrons. The molecule has 2 aliphatic heterocycles. The minimum absolute atomic E-state index is 0.0229. The largest absolute Gasteiger partial charge is 0.490 e. The maximum atomic E-state index is 13.3. The molecule has 1 saturated heterocycles. The number of nitrogens with one attached hydrogen (secondary N) is 4. The van der Waals surface area contributed by atoms with Crippen LogP contribution < -0.4 is 38.5 Å². The van der Waals surface area contributed by atoms with Crippen molar-refractivity contribution in [2.24, 2.45) is 0 Å². The second kappa shape index (κ2) is 37.2. The fraction of sp³-hybridized carbons (Fsp3) is 0.482. The lowest BCUT2D eigenvalue weighted by Gasteiger charge is -2.22. The van der Waals surface area contributed by atoms with Gasteiger partial charge in [0.15, 0.2) is 0 Å². The van der Waals surface area contributed by atoms with Crippen molar-refractivity contribution < 1.29 is 104 Å². The first-order valence-corrected chi connectivity index (χ1v) is 38.3. The van der Waals surface area contributed by atoms with E-state index in [1.807, 2.05) is 6.92 Å². The van der Waals surface area contributed by atoms with E-state index in [0.717, 1.165) is 17.4 Å². The van der Waals surface area contributed by atoms with Gasteiger partial charge in [-0.25, -0.2) is 28.1 Å². The van der Waals surface area contributed by atoms with Gasteiger partial charge in [-0.15, -0.1) is 0 Å². The van der Waals surface area contributed by atoms with Gasteiger partial charge in [-0.3, -0.25) is 18.7 Å². The molecule has 3 aromatic rings. The van der Waals surface area contributed by atoms with E-state index < -0.39 is 81.6 Å². The van der Waals surface area contributed by atoms with Crippen LogP contribution in [0.2, 0.25) is 0 Å². The van der Waals surface area contributed by atoms with E-state index >= 15 is 0 Å². The van der Waals surface area contributed by atoms with E-state index in [9.17, 15) is 52.6 Å². The number of unbranched alkanes of at least 4 members (excludes halogenated alkanes) is 2. The zero-order valence-corrected chi connectivity index (χ0v) is 57.2. The normalized spacial score (nSPS) is 16.6. The first-order chi connectivity index (χ1) is 44.5. The summed E-state index contributed by atoms with van der Waals surface area (Å²) in [5.41, 5.74) is 13.7. The Kier molecular flexibility index (Phi) is 30.6. The number of hydrogen-bond donors (Lipinski definition) is 11. The van der Waals surface area contributed by atoms with Gasteiger partial charge in [0.05, 0.1) is 68.1 Å². The molecule has 3 amide bonds. The molecule has 0 saturated carbocycles. The second-order valence-corrected chi connectivity index (χ2v) is 31.5. The number of carbonyl (C=O) groups is 4. The highest BCUT2D eigenvalue weighted by atomic mass is 33.1. The lowest BCUT2D eigenvalue weighted by molar-refractivity contribution is -0.144. The fourth-order valence-corrected chi connectivity index (χ4v) is 14.8. The monoisotopic (exact) mass is 1450 g/mol. The summed E-state index contributed by atoms with van der Waals surface area (Å²) in [7, 11) is -14.4. The third-order valence-corrected chi connectivity index (χ3v) is 22.2. The number of anilines is 2. The SMILES string of the molecule is CCS(=S)CO[C@@H]1C[C@H](n2cc(C#CCNC(=O)NCCCCCOCSSC(C)(C)CCOC(=O)CCCOCCOCCNC(=O)c3ccc(C(=O)O)c(-c4c5ccc(=N)cc-5oc5cc(N)ccc45)c3)c(N)nc2=O)O[C@@H]1COP(=O)(O)OP(=O)(O)OP(=O)(O)O. The maximum Gasteiger partial charge on any atom is 0.490 e. The van der Waals surface area contributed by atoms with Crippen molar-refractivity contribution in [1.82, 2.24) is 25.5 Å². The summed E-state index contributed by atoms with van der Waals surface area (Å²) < 4.78 is 88.6. The first-order valence-electron chi connectivity index (χ1n) is 29.0. The van der Waals surface area contributed by atoms with Crippen molar-refractivity contribution >= 4 is 112 Å². The fourth-order valence-electron chi connectivity index (χ4n) is 8.79. The van der Waals surface area contributed by atoms with Gasteiger partial charge >= 0.3 is 47.1 Å². The number of aromatic carboxylic acids is 1. The number of carboxylic acids is 1. The Hall–Kier alpha value is -5.67. The highest BCUT2D eigenvalue weighted by Gasteiger charge is 2.44. The van der Waals surface area contributed by atoms with Crippen LogP contribution in [0.25, 0.3) is 33.4 Å². The van der Waals surface area contributed by atoms with E-state index in [1.165, 1.54) is 30.5 Å². The third kappa shape index (κ3) is 26.1. The van der Waals surface area contributed by atoms with Crippen molar-refractivity contribution in [1.29, 1.82) is 5.41 Å². The highest BCUT2D eigenvalue weighted by molar-refractivity contribution is 8.77. The van der Waals surface area contributed by atoms with Crippen LogP contribution in [0.5, 0.6) is 0 Å². The molecule has 1 fully saturated rings. The molecule has 6 rings (SSSR count). The third-order valence-electron chi connectivity index (χ3n) is 13.3. The Labute approximate surface area is 555 Å². The number of nitrogens with zero attached hydrogens (tertiary/aromatic N) is 2. The maximum absolute atomic E-state index is 13.3. The number of ether oxygens (including phenoxy) is 6. The number of fused-ring (bicyclic) bond motifs is 2. The summed E-state index contributed by atoms with van der Waals surface area (Å²) in [6.07, 6.45) is 1.44. The lowest BCUT2D eigenvalue weighted by atomic mass is 9.89. The predicted molar refractivity (Wildman–Crippen MR) is 353 cm³/mol. The molecule has 0 spiro atoms. The quantitative estimate of drug-likeness (QED) is 0.00300. The lowest BCUT2D eigenvalue weighted by Crippen LogP contribution is -2.36. The van der Waals surface area contributed by atoms with Crippen LogP contribution in [0.15, 0.2) is 70.0 Å². The van der Waals surface area contributed by atoms with Crippen LogP contribution in [0.3, 0.4) is 0 Å². The number of carboxylic acid groups (broad SMARTS) is 1. The summed E-state index contributed by atoms with van der Waals surface area (Å²) in [6.45, 7) is 7.38. The second-order valence-electron chi connectivity index (χ2n) is 21.1. The zero-order valence-electron chi connectivity index (χ0n) is 51.3. The number of aromatic nitrogens is 2. The molecule has 13 N–H and O–H groups in total. The average Bonchev–Trinajstić information content (AvgIpc) is 0.863. The molecule has 3 unspecified atom stereocenters. The molecular formula is C56H75N8O23P3S4. The van der Waals surface area contributed by atoms with E-state index in [2.05, 4.69) is 55.2 Å². The van der Waals surface area contributed by atoms with Crippen molar-refractivity contribution in [3.8, 4) is 34.3 Å². The molecule has 516 valence electrons. The Morgan fingerprint density at radius 1 is 0.883 bits per heavy atom. The topological polar surface area (TPSA) is 464 Å². The number of rotatable bonds is 39. The minimum atomic E-state index is -5.79. The molecule has 31 nitrogen and oxygen atoms in total. The van der Waals surface area contributed by atoms with Gasteiger partial charge in [-0.1, -0.05) is 49.8 Å². The highest BCUT2D eigenvalue weighted by Crippen LogP contribution is 2.66. The van der Waals surface area contributed by atoms with E-state index in [-0.39, 0.29) is 96.9 Å². The molecule has 2 aromatic carbocycles. The van der Waals surface area contributed by atoms with Crippen LogP contribution in [0, 0.1) is 17.3 Å². The van der Waals surface area contributed by atoms with Gasteiger partial charge in [0.25, 0.3) is 5.91 Å². The minimum Gasteiger partial charge on any atom is -0.478 e. The molecule has 3 heterocycles. The molecule has 94 heavy (non-hydrogen) atoms. The van der Waals surface area contributed by atoms with Gasteiger partial charge in [0, 0.05) is 90.0 Å². The van der Waals surface area contributed by atoms with Gasteiger partial charge in [0.2, 0.25) is 0 Å². The number of phosphoric acid groups is 3. The summed E-state index contributed by atoms with van der Waals surface area (Å²) in [4.78, 5) is 104. The van der Waals surface area contributed by atoms with Gasteiger partial charge < -0.3 is 90.3 Å². The smallest absolute Gasteiger partial charge is 0.478 e. The van der Waals surface area contributed by atoms with Crippen molar-refractivity contribution in [2.75, 3.05) is 95.0 Å². The molecule has 38 heteroatoms. The average molecular weight is 1450 g/mol. The Morgan fingerprint density at radius 3 is 2.38 bits per heavy atom. The van der Waals surface area contributed by atoms with Crippen molar-refractivity contribution in [2.45, 2.75) is 88.9 Å². The van der Waals surface area contributed by atoms with Crippen LogP contribution >= 0.6 is 45.1 Å². The van der Waals surface area contributed by atoms with E-state index in [1.54, 1.807) is 51.9 Å². The molecular weight excluding hydrogens is 1370 g/mol. The number of carbonyl (C=O) groups excluding carboxylic acids is 3. The Morgan fingerprint density at radius 2 is 1.64 bits per heavy atom. The van der Waals surface area contributed by atoms with Crippen LogP contribution in [-0.2, 0) is 80.7 Å². The number of phosphoric ester groups is 1. The van der Waals surface area contributed by atoms with Gasteiger partial charge in [-0.2, -0.15) is 13.6 Å². The van der Waals surface area contributed by atoms with Gasteiger partial charge in [-0.05, 0) is 111 Å². The number of amides is 3. The molecule has 1 aromatic heterocycles. The first kappa shape index (κ1) is 77.3. The Bertz CT molecular complexity index is 3770. The molecule has 0 bridgehead atoms. The number of hydrogen-bond acceptors (Lipinski definition) is 25. The zero-order chi connectivity index (χ0) is 68.6. The number of esters is 1. The van der Waals surface area contributed by atoms with Crippen molar-refractivity contribution in [3.05, 3.63) is 93.3 Å². The van der Waals surface area contributed by atoms with E-state index in [4.69, 9.17) is 75.2 Å². The number of benzene rings is 3. The van der Waals surface area contributed by atoms with Crippen LogP contribution in [0.1, 0.15) is 98.2 Å². The molecule has 3 aliphatic rings. The summed E-state index contributed by atoms with van der Waals surface area (Å²) in [5, 5.41) is 27.2. The summed E-state index contributed by atoms with van der Waals surface area (Å²) in [5.74, 6) is 4.76. The van der Waals surface area contributed by atoms with Crippen LogP contribution in [-0.4, -0.2) is 159 Å². The van der Waals surface area contributed by atoms with Gasteiger partial charge in [0.1, 0.15) is 35.4 Å².